The van der Waals surface area contributed by atoms with E-state index in [1.807, 2.05) is 30.3 Å². The van der Waals surface area contributed by atoms with Crippen molar-refractivity contribution in [2.75, 3.05) is 6.54 Å². The first kappa shape index (κ1) is 11.9. The maximum atomic E-state index is 11.8. The van der Waals surface area contributed by atoms with Gasteiger partial charge in [-0.25, -0.2) is 0 Å². The Bertz CT molecular complexity index is 395. The highest BCUT2D eigenvalue weighted by atomic mass is 16.1. The van der Waals surface area contributed by atoms with Crippen molar-refractivity contribution >= 4 is 5.91 Å². The van der Waals surface area contributed by atoms with E-state index in [1.165, 1.54) is 31.3 Å². The van der Waals surface area contributed by atoms with Crippen molar-refractivity contribution in [2.45, 2.75) is 32.1 Å². The third-order valence-corrected chi connectivity index (χ3v) is 3.15. The average molecular weight is 229 g/mol. The van der Waals surface area contributed by atoms with Gasteiger partial charge in [-0.1, -0.05) is 29.8 Å². The van der Waals surface area contributed by atoms with Gasteiger partial charge in [0.25, 0.3) is 5.91 Å². The minimum absolute atomic E-state index is 0.0296. The lowest BCUT2D eigenvalue weighted by molar-refractivity contribution is 0.0954. The molecule has 0 aliphatic heterocycles. The van der Waals surface area contributed by atoms with Gasteiger partial charge in [0.05, 0.1) is 0 Å². The highest BCUT2D eigenvalue weighted by Gasteiger charge is 2.06. The van der Waals surface area contributed by atoms with E-state index in [9.17, 15) is 4.79 Å². The molecule has 2 nitrogen and oxygen atoms in total. The van der Waals surface area contributed by atoms with E-state index in [0.717, 1.165) is 18.5 Å². The number of hydrogen-bond donors (Lipinski definition) is 1. The summed E-state index contributed by atoms with van der Waals surface area (Å²) in [5, 5.41) is 2.97. The first-order chi connectivity index (χ1) is 8.36. The SMILES string of the molecule is O=C(NCCC1=CCCCC1)c1ccccc1. The number of benzene rings is 1. The third kappa shape index (κ3) is 3.74. The van der Waals surface area contributed by atoms with E-state index in [-0.39, 0.29) is 5.91 Å². The average Bonchev–Trinajstić information content (AvgIpc) is 2.41. The zero-order chi connectivity index (χ0) is 11.9. The highest BCUT2D eigenvalue weighted by molar-refractivity contribution is 5.94. The second-order valence-corrected chi connectivity index (χ2v) is 4.48. The molecule has 0 unspecified atom stereocenters. The lowest BCUT2D eigenvalue weighted by Crippen LogP contribution is -2.24. The Labute approximate surface area is 103 Å². The van der Waals surface area contributed by atoms with Crippen LogP contribution < -0.4 is 5.32 Å². The molecule has 1 aromatic carbocycles. The summed E-state index contributed by atoms with van der Waals surface area (Å²) in [5.74, 6) is 0.0296. The van der Waals surface area contributed by atoms with Gasteiger partial charge in [-0.15, -0.1) is 0 Å². The van der Waals surface area contributed by atoms with E-state index in [1.54, 1.807) is 0 Å². The van der Waals surface area contributed by atoms with Gasteiger partial charge >= 0.3 is 0 Å². The number of carbonyl (C=O) groups is 1. The number of carbonyl (C=O) groups excluding carboxylic acids is 1. The lowest BCUT2D eigenvalue weighted by atomic mass is 9.97. The summed E-state index contributed by atoms with van der Waals surface area (Å²) in [6, 6.07) is 9.38. The monoisotopic (exact) mass is 229 g/mol. The molecule has 1 amide bonds. The summed E-state index contributed by atoms with van der Waals surface area (Å²) in [6.45, 7) is 0.750. The summed E-state index contributed by atoms with van der Waals surface area (Å²) in [7, 11) is 0. The number of hydrogen-bond acceptors (Lipinski definition) is 1. The molecule has 1 N–H and O–H groups in total. The van der Waals surface area contributed by atoms with E-state index < -0.39 is 0 Å². The van der Waals surface area contributed by atoms with Crippen molar-refractivity contribution in [3.05, 3.63) is 47.5 Å². The molecule has 0 saturated heterocycles. The van der Waals surface area contributed by atoms with Crippen LogP contribution in [0.4, 0.5) is 0 Å². The summed E-state index contributed by atoms with van der Waals surface area (Å²) in [5.41, 5.74) is 2.25. The second-order valence-electron chi connectivity index (χ2n) is 4.48. The summed E-state index contributed by atoms with van der Waals surface area (Å²) in [4.78, 5) is 11.8. The van der Waals surface area contributed by atoms with Crippen LogP contribution in [0.1, 0.15) is 42.5 Å². The molecule has 1 aliphatic rings. The largest absolute Gasteiger partial charge is 0.352 e. The molecule has 1 aromatic rings. The van der Waals surface area contributed by atoms with E-state index in [4.69, 9.17) is 0 Å². The van der Waals surface area contributed by atoms with Gasteiger partial charge < -0.3 is 5.32 Å². The van der Waals surface area contributed by atoms with Gasteiger partial charge in [0, 0.05) is 12.1 Å². The van der Waals surface area contributed by atoms with Crippen molar-refractivity contribution in [2.24, 2.45) is 0 Å². The molecule has 0 heterocycles. The van der Waals surface area contributed by atoms with Crippen LogP contribution in [0.2, 0.25) is 0 Å². The summed E-state index contributed by atoms with van der Waals surface area (Å²) in [6.07, 6.45) is 8.37. The Hall–Kier alpha value is -1.57. The number of allylic oxidation sites excluding steroid dienone is 1. The molecule has 0 radical (unpaired) electrons. The molecule has 0 spiro atoms. The summed E-state index contributed by atoms with van der Waals surface area (Å²) >= 11 is 0. The fourth-order valence-electron chi connectivity index (χ4n) is 2.16. The van der Waals surface area contributed by atoms with Gasteiger partial charge in [0.1, 0.15) is 0 Å². The topological polar surface area (TPSA) is 29.1 Å². The predicted molar refractivity (Wildman–Crippen MR) is 69.9 cm³/mol. The second kappa shape index (κ2) is 6.24. The molecule has 0 aromatic heterocycles. The zero-order valence-electron chi connectivity index (χ0n) is 10.1. The molecular formula is C15H19NO. The van der Waals surface area contributed by atoms with Crippen LogP contribution in [0.15, 0.2) is 42.0 Å². The predicted octanol–water partition coefficient (Wildman–Crippen LogP) is 3.31. The number of nitrogens with one attached hydrogen (secondary N) is 1. The van der Waals surface area contributed by atoms with Crippen LogP contribution in [-0.4, -0.2) is 12.5 Å². The molecular weight excluding hydrogens is 210 g/mol. The molecule has 90 valence electrons. The van der Waals surface area contributed by atoms with Gasteiger partial charge in [0.15, 0.2) is 0 Å². The van der Waals surface area contributed by atoms with Crippen molar-refractivity contribution in [1.29, 1.82) is 0 Å². The fourth-order valence-corrected chi connectivity index (χ4v) is 2.16. The number of amides is 1. The third-order valence-electron chi connectivity index (χ3n) is 3.15. The van der Waals surface area contributed by atoms with Crippen LogP contribution in [0.3, 0.4) is 0 Å². The summed E-state index contributed by atoms with van der Waals surface area (Å²) < 4.78 is 0. The minimum Gasteiger partial charge on any atom is -0.352 e. The van der Waals surface area contributed by atoms with Gasteiger partial charge in [0.2, 0.25) is 0 Å². The van der Waals surface area contributed by atoms with Crippen molar-refractivity contribution < 1.29 is 4.79 Å². The zero-order valence-corrected chi connectivity index (χ0v) is 10.1. The quantitative estimate of drug-likeness (QED) is 0.788. The Morgan fingerprint density at radius 3 is 2.71 bits per heavy atom. The standard InChI is InChI=1S/C15H19NO/c17-15(14-9-5-2-6-10-14)16-12-11-13-7-3-1-4-8-13/h2,5-7,9-10H,1,3-4,8,11-12H2,(H,16,17). The van der Waals surface area contributed by atoms with Gasteiger partial charge in [-0.2, -0.15) is 0 Å². The van der Waals surface area contributed by atoms with Crippen molar-refractivity contribution in [3.8, 4) is 0 Å². The Morgan fingerprint density at radius 2 is 2.00 bits per heavy atom. The van der Waals surface area contributed by atoms with E-state index in [2.05, 4.69) is 11.4 Å². The first-order valence-corrected chi connectivity index (χ1v) is 6.37. The van der Waals surface area contributed by atoms with Crippen LogP contribution in [0.25, 0.3) is 0 Å². The van der Waals surface area contributed by atoms with Gasteiger partial charge in [-0.3, -0.25) is 4.79 Å². The van der Waals surface area contributed by atoms with Crippen LogP contribution >= 0.6 is 0 Å². The Morgan fingerprint density at radius 1 is 1.18 bits per heavy atom. The molecule has 17 heavy (non-hydrogen) atoms. The van der Waals surface area contributed by atoms with E-state index >= 15 is 0 Å². The maximum absolute atomic E-state index is 11.8. The van der Waals surface area contributed by atoms with Crippen molar-refractivity contribution in [3.63, 3.8) is 0 Å². The lowest BCUT2D eigenvalue weighted by Gasteiger charge is -2.12. The molecule has 0 atom stereocenters. The molecule has 0 bridgehead atoms. The highest BCUT2D eigenvalue weighted by Crippen LogP contribution is 2.19. The Balaban J connectivity index is 1.75. The van der Waals surface area contributed by atoms with E-state index in [0.29, 0.717) is 0 Å². The normalized spacial score (nSPS) is 15.2. The molecule has 1 aliphatic carbocycles. The number of rotatable bonds is 4. The molecule has 0 saturated carbocycles. The van der Waals surface area contributed by atoms with Crippen LogP contribution in [-0.2, 0) is 0 Å². The van der Waals surface area contributed by atoms with Gasteiger partial charge in [-0.05, 0) is 44.2 Å². The van der Waals surface area contributed by atoms with Crippen LogP contribution in [0.5, 0.6) is 0 Å². The van der Waals surface area contributed by atoms with Crippen molar-refractivity contribution in [1.82, 2.24) is 5.32 Å². The maximum Gasteiger partial charge on any atom is 0.251 e. The molecule has 0 fully saturated rings. The first-order valence-electron chi connectivity index (χ1n) is 6.37. The Kier molecular flexibility index (Phi) is 4.37. The van der Waals surface area contributed by atoms with Crippen LogP contribution in [0, 0.1) is 0 Å². The smallest absolute Gasteiger partial charge is 0.251 e. The fraction of sp³-hybridized carbons (Fsp3) is 0.400. The molecule has 2 rings (SSSR count). The molecule has 2 heteroatoms. The minimum atomic E-state index is 0.0296.